The highest BCUT2D eigenvalue weighted by molar-refractivity contribution is 9.10. The predicted molar refractivity (Wildman–Crippen MR) is 84.1 cm³/mol. The molecule has 0 heterocycles. The van der Waals surface area contributed by atoms with E-state index in [1.54, 1.807) is 19.2 Å². The first-order valence-corrected chi connectivity index (χ1v) is 7.32. The van der Waals surface area contributed by atoms with Gasteiger partial charge in [-0.2, -0.15) is 0 Å². The summed E-state index contributed by atoms with van der Waals surface area (Å²) in [5.74, 6) is 0.912. The number of ether oxygens (including phenoxy) is 2. The lowest BCUT2D eigenvalue weighted by Gasteiger charge is -2.24. The van der Waals surface area contributed by atoms with Crippen molar-refractivity contribution in [3.63, 3.8) is 0 Å². The van der Waals surface area contributed by atoms with Crippen molar-refractivity contribution in [2.24, 2.45) is 5.73 Å². The Morgan fingerprint density at radius 3 is 2.52 bits per heavy atom. The number of nitrogens with two attached hydrogens (primary N) is 1. The number of hydrogen-bond acceptors (Lipinski definition) is 3. The van der Waals surface area contributed by atoms with Crippen LogP contribution in [0.2, 0.25) is 0 Å². The first-order valence-electron chi connectivity index (χ1n) is 6.53. The summed E-state index contributed by atoms with van der Waals surface area (Å²) >= 11 is 3.15. The van der Waals surface area contributed by atoms with Crippen molar-refractivity contribution in [2.75, 3.05) is 7.11 Å². The van der Waals surface area contributed by atoms with Crippen LogP contribution in [-0.2, 0) is 0 Å². The van der Waals surface area contributed by atoms with Crippen molar-refractivity contribution < 1.29 is 13.9 Å². The molecule has 2 rings (SSSR count). The third-order valence-corrected chi connectivity index (χ3v) is 3.68. The van der Waals surface area contributed by atoms with Crippen molar-refractivity contribution in [1.82, 2.24) is 0 Å². The Kier molecular flexibility index (Phi) is 5.20. The molecule has 112 valence electrons. The molecule has 0 amide bonds. The molecule has 0 radical (unpaired) electrons. The van der Waals surface area contributed by atoms with Gasteiger partial charge in [-0.1, -0.05) is 18.2 Å². The second kappa shape index (κ2) is 6.91. The monoisotopic (exact) mass is 353 g/mol. The van der Waals surface area contributed by atoms with E-state index in [4.69, 9.17) is 15.2 Å². The summed E-state index contributed by atoms with van der Waals surface area (Å²) in [7, 11) is 1.60. The fraction of sp³-hybridized carbons (Fsp3) is 0.250. The average molecular weight is 354 g/mol. The molecular weight excluding hydrogens is 337 g/mol. The number of halogens is 2. The van der Waals surface area contributed by atoms with Crippen LogP contribution in [0.25, 0.3) is 0 Å². The van der Waals surface area contributed by atoms with E-state index in [1.165, 1.54) is 6.07 Å². The van der Waals surface area contributed by atoms with Crippen LogP contribution in [0.3, 0.4) is 0 Å². The van der Waals surface area contributed by atoms with Gasteiger partial charge in [-0.25, -0.2) is 4.39 Å². The quantitative estimate of drug-likeness (QED) is 0.881. The molecule has 2 unspecified atom stereocenters. The van der Waals surface area contributed by atoms with Gasteiger partial charge in [-0.3, -0.25) is 0 Å². The van der Waals surface area contributed by atoms with Gasteiger partial charge in [0, 0.05) is 11.6 Å². The standard InChI is InChI=1S/C16H17BrFNO2/c1-10(19)16(12-5-3-4-6-15(12)20-2)21-11-7-8-14(18)13(17)9-11/h3-10,16H,19H2,1-2H3. The van der Waals surface area contributed by atoms with Gasteiger partial charge in [0.15, 0.2) is 0 Å². The molecule has 0 saturated carbocycles. The van der Waals surface area contributed by atoms with Crippen LogP contribution in [0.4, 0.5) is 4.39 Å². The highest BCUT2D eigenvalue weighted by Crippen LogP contribution is 2.32. The molecule has 5 heteroatoms. The largest absolute Gasteiger partial charge is 0.496 e. The van der Waals surface area contributed by atoms with Crippen LogP contribution >= 0.6 is 15.9 Å². The maximum atomic E-state index is 13.3. The van der Waals surface area contributed by atoms with Gasteiger partial charge >= 0.3 is 0 Å². The molecule has 21 heavy (non-hydrogen) atoms. The molecular formula is C16H17BrFNO2. The van der Waals surface area contributed by atoms with E-state index in [9.17, 15) is 4.39 Å². The highest BCUT2D eigenvalue weighted by Gasteiger charge is 2.22. The molecule has 0 bridgehead atoms. The molecule has 2 atom stereocenters. The lowest BCUT2D eigenvalue weighted by Crippen LogP contribution is -2.29. The van der Waals surface area contributed by atoms with Crippen molar-refractivity contribution in [3.8, 4) is 11.5 Å². The van der Waals surface area contributed by atoms with Crippen LogP contribution in [0, 0.1) is 5.82 Å². The summed E-state index contributed by atoms with van der Waals surface area (Å²) in [6.07, 6.45) is -0.390. The Balaban J connectivity index is 2.33. The van der Waals surface area contributed by atoms with E-state index in [2.05, 4.69) is 15.9 Å². The minimum atomic E-state index is -0.390. The first-order chi connectivity index (χ1) is 10.0. The molecule has 2 aromatic rings. The van der Waals surface area contributed by atoms with Crippen LogP contribution in [0.5, 0.6) is 11.5 Å². The Morgan fingerprint density at radius 2 is 1.90 bits per heavy atom. The Bertz CT molecular complexity index is 619. The van der Waals surface area contributed by atoms with E-state index in [0.717, 1.165) is 5.56 Å². The van der Waals surface area contributed by atoms with Crippen molar-refractivity contribution in [2.45, 2.75) is 19.1 Å². The van der Waals surface area contributed by atoms with E-state index >= 15 is 0 Å². The fourth-order valence-corrected chi connectivity index (χ4v) is 2.41. The Labute approximate surface area is 132 Å². The second-order valence-corrected chi connectivity index (χ2v) is 5.57. The minimum absolute atomic E-state index is 0.259. The van der Waals surface area contributed by atoms with Gasteiger partial charge in [-0.15, -0.1) is 0 Å². The third-order valence-electron chi connectivity index (χ3n) is 3.08. The molecule has 0 aromatic heterocycles. The third kappa shape index (κ3) is 3.74. The second-order valence-electron chi connectivity index (χ2n) is 4.72. The molecule has 0 aliphatic heterocycles. The Hall–Kier alpha value is -1.59. The maximum Gasteiger partial charge on any atom is 0.142 e. The van der Waals surface area contributed by atoms with Gasteiger partial charge in [0.2, 0.25) is 0 Å². The first kappa shape index (κ1) is 15.8. The van der Waals surface area contributed by atoms with Gasteiger partial charge in [0.25, 0.3) is 0 Å². The zero-order valence-corrected chi connectivity index (χ0v) is 13.4. The highest BCUT2D eigenvalue weighted by atomic mass is 79.9. The summed E-state index contributed by atoms with van der Waals surface area (Å²) in [6.45, 7) is 1.86. The minimum Gasteiger partial charge on any atom is -0.496 e. The lowest BCUT2D eigenvalue weighted by molar-refractivity contribution is 0.176. The lowest BCUT2D eigenvalue weighted by atomic mass is 10.0. The van der Waals surface area contributed by atoms with Crippen molar-refractivity contribution >= 4 is 15.9 Å². The molecule has 2 aromatic carbocycles. The Morgan fingerprint density at radius 1 is 1.19 bits per heavy atom. The number of hydrogen-bond donors (Lipinski definition) is 1. The number of methoxy groups -OCH3 is 1. The normalized spacial score (nSPS) is 13.6. The van der Waals surface area contributed by atoms with Crippen LogP contribution in [0.1, 0.15) is 18.6 Å². The molecule has 3 nitrogen and oxygen atoms in total. The molecule has 0 fully saturated rings. The summed E-state index contributed by atoms with van der Waals surface area (Å²) < 4.78 is 24.9. The van der Waals surface area contributed by atoms with Gasteiger partial charge in [-0.05, 0) is 47.1 Å². The summed E-state index contributed by atoms with van der Waals surface area (Å²) in [6, 6.07) is 11.8. The van der Waals surface area contributed by atoms with E-state index < -0.39 is 6.10 Å². The maximum absolute atomic E-state index is 13.3. The average Bonchev–Trinajstić information content (AvgIpc) is 2.48. The topological polar surface area (TPSA) is 44.5 Å². The predicted octanol–water partition coefficient (Wildman–Crippen LogP) is 4.06. The smallest absolute Gasteiger partial charge is 0.142 e. The molecule has 0 aliphatic rings. The summed E-state index contributed by atoms with van der Waals surface area (Å²) in [5, 5.41) is 0. The zero-order chi connectivity index (χ0) is 15.4. The SMILES string of the molecule is COc1ccccc1C(Oc1ccc(F)c(Br)c1)C(C)N. The van der Waals surface area contributed by atoms with E-state index in [0.29, 0.717) is 16.0 Å². The molecule has 0 saturated heterocycles. The van der Waals surface area contributed by atoms with E-state index in [-0.39, 0.29) is 11.9 Å². The van der Waals surface area contributed by atoms with Gasteiger partial charge < -0.3 is 15.2 Å². The van der Waals surface area contributed by atoms with Crippen molar-refractivity contribution in [1.29, 1.82) is 0 Å². The molecule has 0 spiro atoms. The molecule has 0 aliphatic carbocycles. The number of rotatable bonds is 5. The number of para-hydroxylation sites is 1. The van der Waals surface area contributed by atoms with Gasteiger partial charge in [0.1, 0.15) is 23.4 Å². The number of benzene rings is 2. The van der Waals surface area contributed by atoms with Crippen LogP contribution < -0.4 is 15.2 Å². The van der Waals surface area contributed by atoms with E-state index in [1.807, 2.05) is 31.2 Å². The van der Waals surface area contributed by atoms with Crippen molar-refractivity contribution in [3.05, 3.63) is 58.3 Å². The van der Waals surface area contributed by atoms with Crippen LogP contribution in [0.15, 0.2) is 46.9 Å². The van der Waals surface area contributed by atoms with Gasteiger partial charge in [0.05, 0.1) is 11.6 Å². The zero-order valence-electron chi connectivity index (χ0n) is 11.8. The summed E-state index contributed by atoms with van der Waals surface area (Å²) in [4.78, 5) is 0. The summed E-state index contributed by atoms with van der Waals surface area (Å²) in [5.41, 5.74) is 6.90. The molecule has 2 N–H and O–H groups in total. The van der Waals surface area contributed by atoms with Crippen LogP contribution in [-0.4, -0.2) is 13.2 Å². The fourth-order valence-electron chi connectivity index (χ4n) is 2.05.